The second-order valence-corrected chi connectivity index (χ2v) is 7.63. The summed E-state index contributed by atoms with van der Waals surface area (Å²) in [6, 6.07) is 0. The molecule has 0 aromatic carbocycles. The number of hydrogen-bond donors (Lipinski definition) is 0. The van der Waals surface area contributed by atoms with Crippen molar-refractivity contribution in [3.05, 3.63) is 0 Å². The van der Waals surface area contributed by atoms with Crippen molar-refractivity contribution in [2.45, 2.75) is 136 Å². The van der Waals surface area contributed by atoms with Crippen LogP contribution in [-0.2, 0) is 0 Å². The van der Waals surface area contributed by atoms with Crippen LogP contribution in [0.15, 0.2) is 0 Å². The second-order valence-electron chi connectivity index (χ2n) is 7.63. The minimum absolute atomic E-state index is 0.965. The van der Waals surface area contributed by atoms with Crippen LogP contribution < -0.4 is 0 Å². The van der Waals surface area contributed by atoms with Gasteiger partial charge in [0.1, 0.15) is 0 Å². The molecule has 0 aromatic heterocycles. The molecule has 0 saturated heterocycles. The number of rotatable bonds is 18. The summed E-state index contributed by atoms with van der Waals surface area (Å²) in [7, 11) is 0. The Hall–Kier alpha value is 0. The van der Waals surface area contributed by atoms with Gasteiger partial charge in [-0.25, -0.2) is 0 Å². The molecule has 0 radical (unpaired) electrons. The summed E-state index contributed by atoms with van der Waals surface area (Å²) in [6.07, 6.45) is 26.3. The molecule has 0 heteroatoms. The maximum atomic E-state index is 2.42. The lowest BCUT2D eigenvalue weighted by Gasteiger charge is -2.09. The quantitative estimate of drug-likeness (QED) is 0.222. The molecule has 0 unspecified atom stereocenters. The van der Waals surface area contributed by atoms with Crippen molar-refractivity contribution in [3.8, 4) is 0 Å². The Labute approximate surface area is 142 Å². The van der Waals surface area contributed by atoms with Crippen LogP contribution in [0.1, 0.15) is 136 Å². The average Bonchev–Trinajstić information content (AvgIpc) is 2.51. The van der Waals surface area contributed by atoms with Gasteiger partial charge in [0.05, 0.1) is 0 Å². The maximum Gasteiger partial charge on any atom is -0.0443 e. The third-order valence-corrected chi connectivity index (χ3v) is 5.08. The monoisotopic (exact) mass is 310 g/mol. The Morgan fingerprint density at radius 3 is 1.14 bits per heavy atom. The van der Waals surface area contributed by atoms with Crippen LogP contribution in [0.2, 0.25) is 0 Å². The Bertz CT molecular complexity index is 184. The molecule has 0 bridgehead atoms. The molecule has 0 N–H and O–H groups in total. The number of unbranched alkanes of at least 4 members (excludes halogenated alkanes) is 14. The van der Waals surface area contributed by atoms with Gasteiger partial charge in [0.2, 0.25) is 0 Å². The zero-order valence-corrected chi connectivity index (χ0v) is 16.3. The predicted molar refractivity (Wildman–Crippen MR) is 104 cm³/mol. The Morgan fingerprint density at radius 2 is 0.773 bits per heavy atom. The van der Waals surface area contributed by atoms with E-state index in [1.165, 1.54) is 116 Å². The van der Waals surface area contributed by atoms with Gasteiger partial charge in [-0.15, -0.1) is 0 Å². The van der Waals surface area contributed by atoms with E-state index in [-0.39, 0.29) is 0 Å². The van der Waals surface area contributed by atoms with Gasteiger partial charge in [-0.1, -0.05) is 136 Å². The highest BCUT2D eigenvalue weighted by atomic mass is 14.1. The van der Waals surface area contributed by atoms with Gasteiger partial charge in [0, 0.05) is 0 Å². The van der Waals surface area contributed by atoms with E-state index < -0.39 is 0 Å². The highest BCUT2D eigenvalue weighted by molar-refractivity contribution is 4.54. The minimum Gasteiger partial charge on any atom is -0.0654 e. The molecule has 0 aliphatic heterocycles. The molecule has 0 saturated carbocycles. The van der Waals surface area contributed by atoms with Gasteiger partial charge in [-0.2, -0.15) is 0 Å². The van der Waals surface area contributed by atoms with Gasteiger partial charge in [-0.05, 0) is 5.92 Å². The van der Waals surface area contributed by atoms with Crippen molar-refractivity contribution in [3.63, 3.8) is 0 Å². The van der Waals surface area contributed by atoms with E-state index in [1.807, 2.05) is 0 Å². The van der Waals surface area contributed by atoms with Crippen molar-refractivity contribution < 1.29 is 0 Å². The van der Waals surface area contributed by atoms with E-state index in [0.29, 0.717) is 0 Å². The van der Waals surface area contributed by atoms with Crippen LogP contribution in [-0.4, -0.2) is 0 Å². The van der Waals surface area contributed by atoms with Crippen LogP contribution >= 0.6 is 0 Å². The van der Waals surface area contributed by atoms with Crippen molar-refractivity contribution in [2.24, 2.45) is 5.92 Å². The van der Waals surface area contributed by atoms with Gasteiger partial charge >= 0.3 is 0 Å². The van der Waals surface area contributed by atoms with Crippen molar-refractivity contribution in [1.82, 2.24) is 0 Å². The highest BCUT2D eigenvalue weighted by Gasteiger charge is 2.00. The summed E-state index contributed by atoms with van der Waals surface area (Å²) in [6.45, 7) is 7.03. The smallest absolute Gasteiger partial charge is 0.0443 e. The molecule has 0 aliphatic rings. The second kappa shape index (κ2) is 19.0. The molecule has 0 nitrogen and oxygen atoms in total. The van der Waals surface area contributed by atoms with E-state index in [1.54, 1.807) is 0 Å². The molecule has 0 aliphatic carbocycles. The first kappa shape index (κ1) is 22.0. The summed E-state index contributed by atoms with van der Waals surface area (Å²) in [4.78, 5) is 0. The number of hydrogen-bond acceptors (Lipinski definition) is 0. The highest BCUT2D eigenvalue weighted by Crippen LogP contribution is 2.17. The zero-order valence-electron chi connectivity index (χ0n) is 16.3. The fourth-order valence-electron chi connectivity index (χ4n) is 3.50. The molecule has 134 valence electrons. The van der Waals surface area contributed by atoms with E-state index in [2.05, 4.69) is 20.8 Å². The minimum atomic E-state index is 0.965. The van der Waals surface area contributed by atoms with Gasteiger partial charge < -0.3 is 0 Å². The van der Waals surface area contributed by atoms with E-state index in [0.717, 1.165) is 5.92 Å². The van der Waals surface area contributed by atoms with Crippen LogP contribution in [0.5, 0.6) is 0 Å². The third kappa shape index (κ3) is 18.1. The average molecular weight is 311 g/mol. The van der Waals surface area contributed by atoms with Crippen LogP contribution in [0.4, 0.5) is 0 Å². The predicted octanol–water partition coefficient (Wildman–Crippen LogP) is 8.68. The van der Waals surface area contributed by atoms with E-state index >= 15 is 0 Å². The van der Waals surface area contributed by atoms with Crippen LogP contribution in [0, 0.1) is 5.92 Å². The molecular formula is C22H46. The van der Waals surface area contributed by atoms with Gasteiger partial charge in [-0.3, -0.25) is 0 Å². The largest absolute Gasteiger partial charge is 0.0654 e. The van der Waals surface area contributed by atoms with E-state index in [4.69, 9.17) is 0 Å². The molecule has 0 aromatic rings. The molecule has 0 spiro atoms. The lowest BCUT2D eigenvalue weighted by Crippen LogP contribution is -1.93. The first-order valence-corrected chi connectivity index (χ1v) is 10.8. The summed E-state index contributed by atoms with van der Waals surface area (Å²) >= 11 is 0. The SMILES string of the molecule is CCCCCCCCCCCCCCCCC[C@H](C)CCC. The Morgan fingerprint density at radius 1 is 0.409 bits per heavy atom. The Kier molecular flexibility index (Phi) is 19.0. The zero-order chi connectivity index (χ0) is 16.3. The lowest BCUT2D eigenvalue weighted by atomic mass is 9.98. The van der Waals surface area contributed by atoms with Gasteiger partial charge in [0.25, 0.3) is 0 Å². The standard InChI is InChI=1S/C22H46/c1-4-6-7-8-9-10-11-12-13-14-15-16-17-18-19-21-22(3)20-5-2/h22H,4-21H2,1-3H3/t22-/m1/s1. The van der Waals surface area contributed by atoms with Crippen molar-refractivity contribution in [1.29, 1.82) is 0 Å². The first-order chi connectivity index (χ1) is 10.8. The molecule has 22 heavy (non-hydrogen) atoms. The summed E-state index contributed by atoms with van der Waals surface area (Å²) in [5, 5.41) is 0. The summed E-state index contributed by atoms with van der Waals surface area (Å²) in [5.74, 6) is 0.965. The van der Waals surface area contributed by atoms with Gasteiger partial charge in [0.15, 0.2) is 0 Å². The van der Waals surface area contributed by atoms with Crippen LogP contribution in [0.25, 0.3) is 0 Å². The fourth-order valence-corrected chi connectivity index (χ4v) is 3.50. The first-order valence-electron chi connectivity index (χ1n) is 10.8. The van der Waals surface area contributed by atoms with Crippen LogP contribution in [0.3, 0.4) is 0 Å². The van der Waals surface area contributed by atoms with Crippen molar-refractivity contribution in [2.75, 3.05) is 0 Å². The molecule has 0 amide bonds. The maximum absolute atomic E-state index is 2.42. The molecule has 1 atom stereocenters. The lowest BCUT2D eigenvalue weighted by molar-refractivity contribution is 0.450. The molecule has 0 heterocycles. The molecule has 0 rings (SSSR count). The molecule has 0 fully saturated rings. The normalized spacial score (nSPS) is 12.7. The third-order valence-electron chi connectivity index (χ3n) is 5.08. The topological polar surface area (TPSA) is 0 Å². The Balaban J connectivity index is 3.00. The summed E-state index contributed by atoms with van der Waals surface area (Å²) < 4.78 is 0. The fraction of sp³-hybridized carbons (Fsp3) is 1.00. The molecular weight excluding hydrogens is 264 g/mol. The van der Waals surface area contributed by atoms with E-state index in [9.17, 15) is 0 Å². The summed E-state index contributed by atoms with van der Waals surface area (Å²) in [5.41, 5.74) is 0. The van der Waals surface area contributed by atoms with Crippen molar-refractivity contribution >= 4 is 0 Å².